The molecular formula is C21H21F3N4O5. The van der Waals surface area contributed by atoms with E-state index in [4.69, 9.17) is 0 Å². The number of carbonyl (C=O) groups is 2. The fourth-order valence-corrected chi connectivity index (χ4v) is 3.45. The minimum atomic E-state index is -4.79. The molecule has 0 aromatic heterocycles. The van der Waals surface area contributed by atoms with Crippen LogP contribution in [0.2, 0.25) is 0 Å². The zero-order valence-electron chi connectivity index (χ0n) is 17.6. The van der Waals surface area contributed by atoms with Crippen molar-refractivity contribution in [2.45, 2.75) is 13.3 Å². The lowest BCUT2D eigenvalue weighted by Crippen LogP contribution is -2.48. The second-order valence-electron chi connectivity index (χ2n) is 7.40. The van der Waals surface area contributed by atoms with Crippen molar-refractivity contribution in [1.82, 2.24) is 4.90 Å². The van der Waals surface area contributed by atoms with Crippen molar-refractivity contribution in [1.29, 1.82) is 0 Å². The van der Waals surface area contributed by atoms with Crippen molar-refractivity contribution in [3.63, 3.8) is 0 Å². The van der Waals surface area contributed by atoms with E-state index < -0.39 is 11.3 Å². The van der Waals surface area contributed by atoms with Crippen LogP contribution < -0.4 is 15.0 Å². The van der Waals surface area contributed by atoms with Crippen molar-refractivity contribution in [3.05, 3.63) is 58.1 Å². The predicted octanol–water partition coefficient (Wildman–Crippen LogP) is 3.46. The Labute approximate surface area is 186 Å². The highest BCUT2D eigenvalue weighted by atomic mass is 19.4. The number of nitrogens with one attached hydrogen (secondary N) is 1. The lowest BCUT2D eigenvalue weighted by atomic mass is 10.1. The first kappa shape index (κ1) is 24.0. The molecule has 1 N–H and O–H groups in total. The van der Waals surface area contributed by atoms with Crippen LogP contribution in [0.3, 0.4) is 0 Å². The third-order valence-electron chi connectivity index (χ3n) is 5.03. The standard InChI is InChI=1S/C21H21F3N4O5/c1-14(29)15-2-7-18(19(12-15)28(31)32)27-10-8-26(9-11-27)13-20(30)25-16-3-5-17(6-4-16)33-21(22,23)24/h2-7,12H,8-11,13H2,1H3,(H,25,30). The highest BCUT2D eigenvalue weighted by Gasteiger charge is 2.31. The van der Waals surface area contributed by atoms with Crippen molar-refractivity contribution in [2.75, 3.05) is 42.9 Å². The molecule has 1 heterocycles. The Bertz CT molecular complexity index is 1040. The Kier molecular flexibility index (Phi) is 7.16. The molecule has 0 spiro atoms. The quantitative estimate of drug-likeness (QED) is 0.379. The minimum absolute atomic E-state index is 0.0556. The van der Waals surface area contributed by atoms with Gasteiger partial charge in [0.1, 0.15) is 11.4 Å². The molecular weight excluding hydrogens is 445 g/mol. The summed E-state index contributed by atoms with van der Waals surface area (Å²) >= 11 is 0. The van der Waals surface area contributed by atoms with Crippen molar-refractivity contribution in [3.8, 4) is 5.75 Å². The lowest BCUT2D eigenvalue weighted by Gasteiger charge is -2.35. The number of nitrogens with zero attached hydrogens (tertiary/aromatic N) is 3. The fourth-order valence-electron chi connectivity index (χ4n) is 3.45. The predicted molar refractivity (Wildman–Crippen MR) is 114 cm³/mol. The Morgan fingerprint density at radius 2 is 1.73 bits per heavy atom. The van der Waals surface area contributed by atoms with Gasteiger partial charge >= 0.3 is 6.36 Å². The van der Waals surface area contributed by atoms with Crippen LogP contribution >= 0.6 is 0 Å². The van der Waals surface area contributed by atoms with Gasteiger partial charge in [-0.25, -0.2) is 0 Å². The molecule has 9 nitrogen and oxygen atoms in total. The summed E-state index contributed by atoms with van der Waals surface area (Å²) < 4.78 is 40.4. The topological polar surface area (TPSA) is 105 Å². The molecule has 0 radical (unpaired) electrons. The van der Waals surface area contributed by atoms with Crippen LogP contribution in [0.4, 0.5) is 30.2 Å². The van der Waals surface area contributed by atoms with E-state index in [1.165, 1.54) is 25.1 Å². The van der Waals surface area contributed by atoms with Crippen molar-refractivity contribution >= 4 is 28.8 Å². The number of ether oxygens (including phenoxy) is 1. The number of amides is 1. The van der Waals surface area contributed by atoms with E-state index in [1.54, 1.807) is 12.1 Å². The Morgan fingerprint density at radius 1 is 1.09 bits per heavy atom. The second kappa shape index (κ2) is 9.86. The van der Waals surface area contributed by atoms with Crippen LogP contribution in [0.1, 0.15) is 17.3 Å². The van der Waals surface area contributed by atoms with Crippen LogP contribution in [-0.2, 0) is 4.79 Å². The molecule has 12 heteroatoms. The van der Waals surface area contributed by atoms with Crippen LogP contribution in [0, 0.1) is 10.1 Å². The van der Waals surface area contributed by atoms with Gasteiger partial charge in [0, 0.05) is 43.5 Å². The summed E-state index contributed by atoms with van der Waals surface area (Å²) in [6.07, 6.45) is -4.79. The number of anilines is 2. The van der Waals surface area contributed by atoms with Gasteiger partial charge in [0.15, 0.2) is 5.78 Å². The average Bonchev–Trinajstić information content (AvgIpc) is 2.74. The summed E-state index contributed by atoms with van der Waals surface area (Å²) in [4.78, 5) is 38.4. The van der Waals surface area contributed by atoms with E-state index in [0.717, 1.165) is 12.1 Å². The molecule has 1 aliphatic heterocycles. The molecule has 1 fully saturated rings. The number of benzene rings is 2. The van der Waals surface area contributed by atoms with Crippen LogP contribution in [0.15, 0.2) is 42.5 Å². The van der Waals surface area contributed by atoms with Gasteiger partial charge in [0.25, 0.3) is 5.69 Å². The van der Waals surface area contributed by atoms with E-state index in [1.807, 2.05) is 9.80 Å². The third kappa shape index (κ3) is 6.65. The molecule has 0 saturated carbocycles. The molecule has 0 atom stereocenters. The monoisotopic (exact) mass is 466 g/mol. The summed E-state index contributed by atoms with van der Waals surface area (Å²) in [5.74, 6) is -0.991. The zero-order valence-corrected chi connectivity index (χ0v) is 17.6. The summed E-state index contributed by atoms with van der Waals surface area (Å²) in [5, 5.41) is 14.1. The van der Waals surface area contributed by atoms with E-state index in [-0.39, 0.29) is 35.2 Å². The molecule has 33 heavy (non-hydrogen) atoms. The van der Waals surface area contributed by atoms with Crippen LogP contribution in [0.25, 0.3) is 0 Å². The van der Waals surface area contributed by atoms with Gasteiger partial charge in [0.2, 0.25) is 5.91 Å². The normalized spacial score (nSPS) is 14.6. The van der Waals surface area contributed by atoms with Crippen molar-refractivity contribution in [2.24, 2.45) is 0 Å². The van der Waals surface area contributed by atoms with Gasteiger partial charge < -0.3 is 15.0 Å². The zero-order chi connectivity index (χ0) is 24.2. The summed E-state index contributed by atoms with van der Waals surface area (Å²) in [7, 11) is 0. The van der Waals surface area contributed by atoms with E-state index >= 15 is 0 Å². The molecule has 2 aromatic carbocycles. The molecule has 1 saturated heterocycles. The largest absolute Gasteiger partial charge is 0.573 e. The first-order chi connectivity index (χ1) is 15.5. The smallest absolute Gasteiger partial charge is 0.406 e. The number of hydrogen-bond donors (Lipinski definition) is 1. The fraction of sp³-hybridized carbons (Fsp3) is 0.333. The number of halogens is 3. The van der Waals surface area contributed by atoms with Gasteiger partial charge in [-0.05, 0) is 43.3 Å². The number of nitro benzene ring substituents is 1. The lowest BCUT2D eigenvalue weighted by molar-refractivity contribution is -0.384. The maximum absolute atomic E-state index is 12.3. The number of ketones is 1. The first-order valence-electron chi connectivity index (χ1n) is 9.94. The van der Waals surface area contributed by atoms with Gasteiger partial charge in [-0.3, -0.25) is 24.6 Å². The van der Waals surface area contributed by atoms with Gasteiger partial charge in [-0.1, -0.05) is 0 Å². The van der Waals surface area contributed by atoms with Crippen molar-refractivity contribution < 1.29 is 32.4 Å². The number of rotatable bonds is 7. The van der Waals surface area contributed by atoms with E-state index in [0.29, 0.717) is 37.6 Å². The molecule has 0 unspecified atom stereocenters. The highest BCUT2D eigenvalue weighted by molar-refractivity contribution is 5.95. The Hall–Kier alpha value is -3.67. The number of alkyl halides is 3. The average molecular weight is 466 g/mol. The first-order valence-corrected chi connectivity index (χ1v) is 9.94. The number of Topliss-reactive ketones (excluding diaryl/α,β-unsaturated/α-hetero) is 1. The van der Waals surface area contributed by atoms with Gasteiger partial charge in [-0.15, -0.1) is 13.2 Å². The number of nitro groups is 1. The Balaban J connectivity index is 1.54. The summed E-state index contributed by atoms with van der Waals surface area (Å²) in [6, 6.07) is 9.20. The molecule has 2 aromatic rings. The molecule has 0 aliphatic carbocycles. The van der Waals surface area contributed by atoms with E-state index in [2.05, 4.69) is 10.1 Å². The van der Waals surface area contributed by atoms with Crippen LogP contribution in [0.5, 0.6) is 5.75 Å². The number of piperazine rings is 1. The highest BCUT2D eigenvalue weighted by Crippen LogP contribution is 2.30. The second-order valence-corrected chi connectivity index (χ2v) is 7.40. The minimum Gasteiger partial charge on any atom is -0.406 e. The summed E-state index contributed by atoms with van der Waals surface area (Å²) in [6.45, 7) is 3.22. The maximum atomic E-state index is 12.3. The van der Waals surface area contributed by atoms with Gasteiger partial charge in [-0.2, -0.15) is 0 Å². The maximum Gasteiger partial charge on any atom is 0.573 e. The Morgan fingerprint density at radius 3 is 2.27 bits per heavy atom. The number of hydrogen-bond acceptors (Lipinski definition) is 7. The SMILES string of the molecule is CC(=O)c1ccc(N2CCN(CC(=O)Nc3ccc(OC(F)(F)F)cc3)CC2)c([N+](=O)[O-])c1. The molecule has 176 valence electrons. The number of carbonyl (C=O) groups excluding carboxylic acids is 2. The van der Waals surface area contributed by atoms with Gasteiger partial charge in [0.05, 0.1) is 11.5 Å². The molecule has 3 rings (SSSR count). The molecule has 1 amide bonds. The third-order valence-corrected chi connectivity index (χ3v) is 5.03. The molecule has 1 aliphatic rings. The summed E-state index contributed by atoms with van der Waals surface area (Å²) in [5.41, 5.74) is 0.857. The molecule has 0 bridgehead atoms. The van der Waals surface area contributed by atoms with Crippen LogP contribution in [-0.4, -0.2) is 60.6 Å². The van der Waals surface area contributed by atoms with E-state index in [9.17, 15) is 32.9 Å².